The highest BCUT2D eigenvalue weighted by Crippen LogP contribution is 2.44. The van der Waals surface area contributed by atoms with E-state index in [0.29, 0.717) is 0 Å². The fourth-order valence-electron chi connectivity index (χ4n) is 10.7. The molecule has 0 amide bonds. The molecule has 8 nitrogen and oxygen atoms in total. The lowest BCUT2D eigenvalue weighted by Crippen LogP contribution is -2.41. The van der Waals surface area contributed by atoms with Gasteiger partial charge in [0.25, 0.3) is 0 Å². The molecule has 3 aliphatic rings. The van der Waals surface area contributed by atoms with Gasteiger partial charge in [0, 0.05) is 34.8 Å². The van der Waals surface area contributed by atoms with E-state index in [4.69, 9.17) is 29.3 Å². The van der Waals surface area contributed by atoms with Crippen molar-refractivity contribution in [3.63, 3.8) is 0 Å². The van der Waals surface area contributed by atoms with Gasteiger partial charge in [-0.25, -0.2) is 0 Å². The number of fused-ring (bicyclic) bond motifs is 6. The maximum absolute atomic E-state index is 9.96. The largest absolute Gasteiger partial charge is 0.494 e. The van der Waals surface area contributed by atoms with Crippen LogP contribution in [-0.2, 0) is 27.9 Å². The van der Waals surface area contributed by atoms with Crippen LogP contribution >= 0.6 is 15.9 Å². The van der Waals surface area contributed by atoms with Crippen LogP contribution in [0.5, 0.6) is 0 Å². The van der Waals surface area contributed by atoms with Crippen molar-refractivity contribution in [1.82, 2.24) is 9.97 Å². The van der Waals surface area contributed by atoms with Crippen LogP contribution in [0.1, 0.15) is 84.5 Å². The first-order valence-electron chi connectivity index (χ1n) is 28.6. The molecule has 416 valence electrons. The number of alkyl halides is 1. The van der Waals surface area contributed by atoms with Crippen molar-refractivity contribution in [1.29, 1.82) is 0 Å². The molecule has 0 radical (unpaired) electrons. The van der Waals surface area contributed by atoms with E-state index in [2.05, 4.69) is 211 Å². The predicted molar refractivity (Wildman–Crippen MR) is 343 cm³/mol. The van der Waals surface area contributed by atoms with Crippen LogP contribution in [0, 0.1) is 0 Å². The Labute approximate surface area is 494 Å². The third-order valence-corrected chi connectivity index (χ3v) is 17.7. The van der Waals surface area contributed by atoms with Crippen LogP contribution in [0.2, 0.25) is 0 Å². The zero-order valence-corrected chi connectivity index (χ0v) is 50.6. The van der Waals surface area contributed by atoms with Gasteiger partial charge in [0.1, 0.15) is 0 Å². The standard InChI is InChI=1S/C31H28BNO2.C25H16BrN.C12H24B2O4.CH3F/c1-30(2)31(3,4)35-32(34-30)25-17-23(22-11-9-15-33-20-22)16-24(18-25)29-19-21-10-5-6-12-26(21)27-13-7-8-14-28(27)29;26-21-13-19(18-7-5-11-27-16-18)12-20(14-21)25-15-17-6-1-2-8-22(17)23-9-3-4-10-24(23)25;1-9(2)10(3,4)16-13(15-9)14-17-11(5,6)12(7,8)18-14;1-2/h5-20H,1-4H3;1-16H;1-8H3;1H3/i;;;1D. The highest BCUT2D eigenvalue weighted by atomic mass is 79.9. The van der Waals surface area contributed by atoms with Crippen LogP contribution in [0.25, 0.3) is 87.6 Å². The summed E-state index contributed by atoms with van der Waals surface area (Å²) in [6.07, 6.45) is 7.42. The van der Waals surface area contributed by atoms with Crippen molar-refractivity contribution in [2.24, 2.45) is 0 Å². The van der Waals surface area contributed by atoms with E-state index < -0.39 is 39.5 Å². The van der Waals surface area contributed by atoms with E-state index in [1.807, 2.05) is 79.9 Å². The van der Waals surface area contributed by atoms with Gasteiger partial charge in [0.15, 0.2) is 0 Å². The minimum atomic E-state index is -1.00. The third kappa shape index (κ3) is 11.6. The van der Waals surface area contributed by atoms with Crippen molar-refractivity contribution >= 4 is 85.6 Å². The van der Waals surface area contributed by atoms with Crippen LogP contribution in [0.4, 0.5) is 4.39 Å². The summed E-state index contributed by atoms with van der Waals surface area (Å²) < 4.78 is 53.3. The maximum Gasteiger partial charge on any atom is 0.494 e. The second kappa shape index (κ2) is 22.9. The molecular formula is C69H71B3BrFN2O6. The highest BCUT2D eigenvalue weighted by molar-refractivity contribution is 9.10. The van der Waals surface area contributed by atoms with Crippen molar-refractivity contribution in [2.45, 2.75) is 117 Å². The summed E-state index contributed by atoms with van der Waals surface area (Å²) in [7, 11) is -2.39. The minimum Gasteiger partial charge on any atom is -0.405 e. The molecule has 0 bridgehead atoms. The monoisotopic (exact) mass is 1160 g/mol. The quantitative estimate of drug-likeness (QED) is 0.120. The second-order valence-electron chi connectivity index (χ2n) is 24.3. The topological polar surface area (TPSA) is 81.2 Å². The summed E-state index contributed by atoms with van der Waals surface area (Å²) in [6.45, 7) is 24.6. The molecule has 0 unspecified atom stereocenters. The molecule has 3 aliphatic heterocycles. The van der Waals surface area contributed by atoms with E-state index in [-0.39, 0.29) is 22.4 Å². The zero-order valence-electron chi connectivity index (χ0n) is 50.0. The van der Waals surface area contributed by atoms with Crippen molar-refractivity contribution in [3.8, 4) is 44.5 Å². The molecule has 0 atom stereocenters. The SMILES string of the molecule is Brc1cc(-c2cccnc2)cc(-c2cc3ccccc3c3ccccc23)c1.CC1(C)OB(B2OC(C)(C)C(C)(C)O2)OC1(C)C.CC1(C)OB(c2cc(-c3cccnc3)cc(-c3cc4ccccc4c4ccccc34)c2)OC1(C)C.[2H]CF. The molecular weight excluding hydrogens is 1080 g/mol. The number of hydrogen-bond donors (Lipinski definition) is 0. The average Bonchev–Trinajstić information content (AvgIpc) is 3.37. The minimum absolute atomic E-state index is 0.360. The van der Waals surface area contributed by atoms with Crippen molar-refractivity contribution < 1.29 is 33.7 Å². The lowest BCUT2D eigenvalue weighted by Gasteiger charge is -2.32. The van der Waals surface area contributed by atoms with Gasteiger partial charge < -0.3 is 27.9 Å². The molecule has 0 saturated carbocycles. The maximum atomic E-state index is 9.96. The Kier molecular flexibility index (Phi) is 16.0. The lowest BCUT2D eigenvalue weighted by atomic mass is 9.49. The predicted octanol–water partition coefficient (Wildman–Crippen LogP) is 17.3. The number of nitrogens with zero attached hydrogens (tertiary/aromatic N) is 2. The highest BCUT2D eigenvalue weighted by Gasteiger charge is 2.63. The average molecular weight is 1160 g/mol. The Hall–Kier alpha value is -6.54. The normalized spacial score (nSPS) is 18.1. The molecule has 3 fully saturated rings. The van der Waals surface area contributed by atoms with Gasteiger partial charge in [-0.05, 0) is 219 Å². The Bertz CT molecular complexity index is 3880. The van der Waals surface area contributed by atoms with Crippen LogP contribution in [0.15, 0.2) is 199 Å². The third-order valence-electron chi connectivity index (χ3n) is 17.3. The van der Waals surface area contributed by atoms with Gasteiger partial charge in [-0.1, -0.05) is 137 Å². The number of rotatable bonds is 6. The summed E-state index contributed by atoms with van der Waals surface area (Å²) in [5.74, 6) is 0. The fourth-order valence-corrected chi connectivity index (χ4v) is 11.1. The molecule has 0 spiro atoms. The molecule has 3 saturated heterocycles. The van der Waals surface area contributed by atoms with E-state index in [1.54, 1.807) is 12.4 Å². The number of halogens is 2. The Balaban J connectivity index is 0.000000143. The molecule has 82 heavy (non-hydrogen) atoms. The summed E-state index contributed by atoms with van der Waals surface area (Å²) in [6, 6.07) is 60.4. The lowest BCUT2D eigenvalue weighted by molar-refractivity contribution is 0.00578. The van der Waals surface area contributed by atoms with E-state index in [0.717, 1.165) is 37.8 Å². The van der Waals surface area contributed by atoms with Gasteiger partial charge in [-0.2, -0.15) is 0 Å². The molecule has 0 N–H and O–H groups in total. The first kappa shape index (κ1) is 57.3. The Morgan fingerprint density at radius 2 is 0.707 bits per heavy atom. The zero-order chi connectivity index (χ0) is 59.1. The van der Waals surface area contributed by atoms with E-state index >= 15 is 0 Å². The molecule has 2 aromatic heterocycles. The summed E-state index contributed by atoms with van der Waals surface area (Å²) in [5, 5.41) is 10.1. The number of hydrogen-bond acceptors (Lipinski definition) is 8. The molecule has 13 heteroatoms. The van der Waals surface area contributed by atoms with Gasteiger partial charge in [-0.15, -0.1) is 0 Å². The van der Waals surface area contributed by atoms with Crippen molar-refractivity contribution in [2.75, 3.05) is 7.15 Å². The Morgan fingerprint density at radius 1 is 0.378 bits per heavy atom. The molecule has 13 rings (SSSR count). The van der Waals surface area contributed by atoms with Gasteiger partial charge in [0.2, 0.25) is 0 Å². The van der Waals surface area contributed by atoms with Gasteiger partial charge in [-0.3, -0.25) is 14.4 Å². The molecule has 8 aromatic carbocycles. The first-order chi connectivity index (χ1) is 39.4. The molecule has 10 aromatic rings. The fraction of sp³-hybridized carbons (Fsp3) is 0.275. The summed E-state index contributed by atoms with van der Waals surface area (Å²) in [4.78, 5) is 8.63. The van der Waals surface area contributed by atoms with Crippen molar-refractivity contribution in [3.05, 3.63) is 199 Å². The molecule has 0 aliphatic carbocycles. The number of pyridine rings is 2. The van der Waals surface area contributed by atoms with E-state index in [9.17, 15) is 4.39 Å². The van der Waals surface area contributed by atoms with Crippen LogP contribution in [-0.4, -0.2) is 71.9 Å². The number of benzene rings is 8. The van der Waals surface area contributed by atoms with Crippen LogP contribution in [0.3, 0.4) is 0 Å². The van der Waals surface area contributed by atoms with E-state index in [1.165, 1.54) is 59.8 Å². The summed E-state index contributed by atoms with van der Waals surface area (Å²) in [5.41, 5.74) is 7.98. The van der Waals surface area contributed by atoms with Crippen LogP contribution < -0.4 is 5.46 Å². The smallest absolute Gasteiger partial charge is 0.405 e. The summed E-state index contributed by atoms with van der Waals surface area (Å²) >= 11 is 3.70. The second-order valence-corrected chi connectivity index (χ2v) is 25.2. The van der Waals surface area contributed by atoms with Gasteiger partial charge >= 0.3 is 21.1 Å². The molecule has 5 heterocycles. The first-order valence-corrected chi connectivity index (χ1v) is 28.7. The number of aromatic nitrogens is 2. The van der Waals surface area contributed by atoms with Gasteiger partial charge in [0.05, 0.1) is 42.1 Å². The Morgan fingerprint density at radius 3 is 1.11 bits per heavy atom.